The van der Waals surface area contributed by atoms with Crippen LogP contribution in [0.4, 0.5) is 5.69 Å². The van der Waals surface area contributed by atoms with Gasteiger partial charge in [-0.25, -0.2) is 13.2 Å². The zero-order valence-electron chi connectivity index (χ0n) is 12.2. The average molecular weight is 317 g/mol. The summed E-state index contributed by atoms with van der Waals surface area (Å²) < 4.78 is 36.2. The van der Waals surface area contributed by atoms with E-state index in [2.05, 4.69) is 4.72 Å². The van der Waals surface area contributed by atoms with Gasteiger partial charge in [0.2, 0.25) is 10.0 Å². The minimum absolute atomic E-state index is 0.0451. The van der Waals surface area contributed by atoms with Gasteiger partial charge in [-0.2, -0.15) is 0 Å². The highest BCUT2D eigenvalue weighted by molar-refractivity contribution is 7.92. The number of hydrogen-bond acceptors (Lipinski definition) is 5. The SMILES string of the molecule is CCCCS(=O)(=O)Nc1cc(OC)c(OC)cc1C(=O)O. The van der Waals surface area contributed by atoms with E-state index in [9.17, 15) is 18.3 Å². The summed E-state index contributed by atoms with van der Waals surface area (Å²) in [6, 6.07) is 2.52. The van der Waals surface area contributed by atoms with E-state index >= 15 is 0 Å². The summed E-state index contributed by atoms with van der Waals surface area (Å²) in [7, 11) is -0.855. The normalized spacial score (nSPS) is 11.0. The van der Waals surface area contributed by atoms with E-state index in [0.717, 1.165) is 6.42 Å². The van der Waals surface area contributed by atoms with Crippen LogP contribution < -0.4 is 14.2 Å². The molecule has 0 aliphatic carbocycles. The van der Waals surface area contributed by atoms with Crippen LogP contribution in [0.15, 0.2) is 12.1 Å². The van der Waals surface area contributed by atoms with Gasteiger partial charge in [-0.3, -0.25) is 4.72 Å². The van der Waals surface area contributed by atoms with Crippen LogP contribution in [0.1, 0.15) is 30.1 Å². The number of anilines is 1. The maximum atomic E-state index is 11.9. The van der Waals surface area contributed by atoms with E-state index in [1.165, 1.54) is 26.4 Å². The predicted octanol–water partition coefficient (Wildman–Crippen LogP) is 1.94. The third-order valence-electron chi connectivity index (χ3n) is 2.79. The maximum Gasteiger partial charge on any atom is 0.337 e. The second kappa shape index (κ2) is 7.16. The average Bonchev–Trinajstić information content (AvgIpc) is 2.43. The number of unbranched alkanes of at least 4 members (excludes halogenated alkanes) is 1. The van der Waals surface area contributed by atoms with E-state index in [-0.39, 0.29) is 28.5 Å². The summed E-state index contributed by atoms with van der Waals surface area (Å²) in [5, 5.41) is 9.19. The van der Waals surface area contributed by atoms with Gasteiger partial charge < -0.3 is 14.6 Å². The van der Waals surface area contributed by atoms with Crippen molar-refractivity contribution in [2.24, 2.45) is 0 Å². The van der Waals surface area contributed by atoms with Crippen LogP contribution in [-0.4, -0.2) is 39.5 Å². The smallest absolute Gasteiger partial charge is 0.337 e. The van der Waals surface area contributed by atoms with Crippen LogP contribution in [0.3, 0.4) is 0 Å². The van der Waals surface area contributed by atoms with Gasteiger partial charge in [0.1, 0.15) is 0 Å². The van der Waals surface area contributed by atoms with Crippen molar-refractivity contribution in [1.82, 2.24) is 0 Å². The Morgan fingerprint density at radius 2 is 1.81 bits per heavy atom. The monoisotopic (exact) mass is 317 g/mol. The standard InChI is InChI=1S/C13H19NO6S/c1-4-5-6-21(17,18)14-10-8-12(20-3)11(19-2)7-9(10)13(15)16/h7-8,14H,4-6H2,1-3H3,(H,15,16). The van der Waals surface area contributed by atoms with Gasteiger partial charge in [-0.15, -0.1) is 0 Å². The number of rotatable bonds is 8. The molecule has 0 unspecified atom stereocenters. The van der Waals surface area contributed by atoms with Crippen molar-refractivity contribution < 1.29 is 27.8 Å². The maximum absolute atomic E-state index is 11.9. The molecule has 0 fully saturated rings. The van der Waals surface area contributed by atoms with Crippen LogP contribution in [0.2, 0.25) is 0 Å². The molecule has 21 heavy (non-hydrogen) atoms. The van der Waals surface area contributed by atoms with Crippen molar-refractivity contribution in [2.75, 3.05) is 24.7 Å². The second-order valence-corrected chi connectivity index (χ2v) is 6.17. The van der Waals surface area contributed by atoms with Crippen LogP contribution in [0, 0.1) is 0 Å². The van der Waals surface area contributed by atoms with E-state index in [0.29, 0.717) is 6.42 Å². The zero-order valence-corrected chi connectivity index (χ0v) is 13.0. The van der Waals surface area contributed by atoms with Gasteiger partial charge in [0.15, 0.2) is 11.5 Å². The predicted molar refractivity (Wildman–Crippen MR) is 78.8 cm³/mol. The molecule has 0 spiro atoms. The molecule has 1 aromatic rings. The first-order valence-corrected chi connectivity index (χ1v) is 7.99. The molecule has 0 aliphatic rings. The molecule has 2 N–H and O–H groups in total. The molecule has 0 heterocycles. The number of carboxylic acid groups (broad SMARTS) is 1. The van der Waals surface area contributed by atoms with E-state index in [1.54, 1.807) is 0 Å². The fourth-order valence-electron chi connectivity index (χ4n) is 1.69. The quantitative estimate of drug-likeness (QED) is 0.759. The van der Waals surface area contributed by atoms with Gasteiger partial charge in [-0.05, 0) is 6.42 Å². The molecular weight excluding hydrogens is 298 g/mol. The van der Waals surface area contributed by atoms with Crippen LogP contribution >= 0.6 is 0 Å². The zero-order chi connectivity index (χ0) is 16.0. The molecule has 0 aliphatic heterocycles. The molecule has 8 heteroatoms. The first-order chi connectivity index (χ1) is 9.84. The molecule has 0 radical (unpaired) electrons. The van der Waals surface area contributed by atoms with Crippen LogP contribution in [0.5, 0.6) is 11.5 Å². The molecule has 0 aromatic heterocycles. The lowest BCUT2D eigenvalue weighted by Gasteiger charge is -2.14. The van der Waals surface area contributed by atoms with E-state index < -0.39 is 16.0 Å². The highest BCUT2D eigenvalue weighted by atomic mass is 32.2. The Kier molecular flexibility index (Phi) is 5.83. The number of sulfonamides is 1. The Labute approximate surface area is 123 Å². The third-order valence-corrected chi connectivity index (χ3v) is 4.14. The molecule has 1 aromatic carbocycles. The lowest BCUT2D eigenvalue weighted by atomic mass is 10.1. The summed E-state index contributed by atoms with van der Waals surface area (Å²) in [6.07, 6.45) is 1.21. The lowest BCUT2D eigenvalue weighted by molar-refractivity contribution is 0.0697. The number of carboxylic acids is 1. The first kappa shape index (κ1) is 17.1. The highest BCUT2D eigenvalue weighted by Gasteiger charge is 2.20. The minimum atomic E-state index is -3.61. The van der Waals surface area contributed by atoms with Gasteiger partial charge in [0.25, 0.3) is 0 Å². The molecule has 0 amide bonds. The van der Waals surface area contributed by atoms with E-state index in [1.807, 2.05) is 6.92 Å². The van der Waals surface area contributed by atoms with Gasteiger partial charge in [0, 0.05) is 12.1 Å². The van der Waals surface area contributed by atoms with E-state index in [4.69, 9.17) is 9.47 Å². The topological polar surface area (TPSA) is 102 Å². The van der Waals surface area contributed by atoms with Crippen molar-refractivity contribution in [1.29, 1.82) is 0 Å². The third kappa shape index (κ3) is 4.52. The summed E-state index contributed by atoms with van der Waals surface area (Å²) in [6.45, 7) is 1.87. The Hall–Kier alpha value is -1.96. The number of carbonyl (C=O) groups is 1. The Morgan fingerprint density at radius 1 is 1.24 bits per heavy atom. The number of hydrogen-bond donors (Lipinski definition) is 2. The molecule has 0 bridgehead atoms. The van der Waals surface area contributed by atoms with Crippen molar-refractivity contribution in [2.45, 2.75) is 19.8 Å². The fourth-order valence-corrected chi connectivity index (χ4v) is 2.97. The molecule has 118 valence electrons. The minimum Gasteiger partial charge on any atom is -0.493 e. The molecule has 7 nitrogen and oxygen atoms in total. The molecule has 0 saturated carbocycles. The summed E-state index contributed by atoms with van der Waals surface area (Å²) in [4.78, 5) is 11.3. The van der Waals surface area contributed by atoms with Crippen molar-refractivity contribution in [3.05, 3.63) is 17.7 Å². The largest absolute Gasteiger partial charge is 0.493 e. The number of ether oxygens (including phenoxy) is 2. The summed E-state index contributed by atoms with van der Waals surface area (Å²) in [5.41, 5.74) is -0.246. The Bertz CT molecular complexity index is 611. The number of methoxy groups -OCH3 is 2. The second-order valence-electron chi connectivity index (χ2n) is 4.33. The lowest BCUT2D eigenvalue weighted by Crippen LogP contribution is -2.18. The highest BCUT2D eigenvalue weighted by Crippen LogP contribution is 2.33. The Morgan fingerprint density at radius 3 is 2.29 bits per heavy atom. The van der Waals surface area contributed by atoms with Crippen molar-refractivity contribution >= 4 is 21.7 Å². The summed E-state index contributed by atoms with van der Waals surface area (Å²) in [5.74, 6) is -0.872. The molecule has 0 saturated heterocycles. The number of benzene rings is 1. The summed E-state index contributed by atoms with van der Waals surface area (Å²) >= 11 is 0. The van der Waals surface area contributed by atoms with Crippen LogP contribution in [0.25, 0.3) is 0 Å². The molecule has 0 atom stereocenters. The first-order valence-electron chi connectivity index (χ1n) is 6.34. The van der Waals surface area contributed by atoms with Crippen LogP contribution in [-0.2, 0) is 10.0 Å². The van der Waals surface area contributed by atoms with Gasteiger partial charge in [0.05, 0.1) is 31.2 Å². The Balaban J connectivity index is 3.24. The fraction of sp³-hybridized carbons (Fsp3) is 0.462. The van der Waals surface area contributed by atoms with Crippen molar-refractivity contribution in [3.63, 3.8) is 0 Å². The number of nitrogens with one attached hydrogen (secondary N) is 1. The van der Waals surface area contributed by atoms with Gasteiger partial charge >= 0.3 is 5.97 Å². The van der Waals surface area contributed by atoms with Crippen molar-refractivity contribution in [3.8, 4) is 11.5 Å². The molecule has 1 rings (SSSR count). The molecular formula is C13H19NO6S. The number of aromatic carboxylic acids is 1. The van der Waals surface area contributed by atoms with Gasteiger partial charge in [-0.1, -0.05) is 13.3 Å².